The first-order valence-corrected chi connectivity index (χ1v) is 7.58. The minimum absolute atomic E-state index is 0.248. The lowest BCUT2D eigenvalue weighted by Crippen LogP contribution is -2.30. The van der Waals surface area contributed by atoms with Crippen LogP contribution in [0.4, 0.5) is 5.13 Å². The highest BCUT2D eigenvalue weighted by Crippen LogP contribution is 2.22. The molecule has 0 fully saturated rings. The Labute approximate surface area is 110 Å². The van der Waals surface area contributed by atoms with Gasteiger partial charge in [0.15, 0.2) is 5.13 Å². The van der Waals surface area contributed by atoms with Crippen LogP contribution in [0.5, 0.6) is 0 Å². The van der Waals surface area contributed by atoms with Crippen LogP contribution in [0, 0.1) is 0 Å². The molecule has 0 radical (unpaired) electrons. The standard InChI is InChI=1S/C11H18N2O2S2/c1-8(6-16-4)13(2)11-12-9(7-17-11)5-10(14)15-3/h7-8H,5-6H2,1-4H3. The van der Waals surface area contributed by atoms with Crippen LogP contribution >= 0.6 is 23.1 Å². The first-order chi connectivity index (χ1) is 8.08. The number of thioether (sulfide) groups is 1. The number of esters is 1. The van der Waals surface area contributed by atoms with E-state index in [1.165, 1.54) is 7.11 Å². The molecule has 0 bridgehead atoms. The number of anilines is 1. The average Bonchev–Trinajstić information content (AvgIpc) is 2.76. The van der Waals surface area contributed by atoms with Crippen LogP contribution < -0.4 is 4.90 Å². The number of methoxy groups -OCH3 is 1. The maximum Gasteiger partial charge on any atom is 0.311 e. The maximum atomic E-state index is 11.1. The number of thiazole rings is 1. The molecule has 1 heterocycles. The number of carbonyl (C=O) groups is 1. The molecular formula is C11H18N2O2S2. The highest BCUT2D eigenvalue weighted by molar-refractivity contribution is 7.98. The van der Waals surface area contributed by atoms with Crippen molar-refractivity contribution in [3.8, 4) is 0 Å². The Hall–Kier alpha value is -0.750. The van der Waals surface area contributed by atoms with E-state index in [1.807, 2.05) is 24.2 Å². The third-order valence-corrected chi connectivity index (χ3v) is 4.26. The van der Waals surface area contributed by atoms with Crippen molar-refractivity contribution >= 4 is 34.2 Å². The minimum atomic E-state index is -0.248. The average molecular weight is 274 g/mol. The fourth-order valence-electron chi connectivity index (χ4n) is 1.30. The highest BCUT2D eigenvalue weighted by atomic mass is 32.2. The zero-order chi connectivity index (χ0) is 12.8. The molecule has 0 aliphatic heterocycles. The summed E-state index contributed by atoms with van der Waals surface area (Å²) >= 11 is 3.38. The third kappa shape index (κ3) is 4.20. The lowest BCUT2D eigenvalue weighted by Gasteiger charge is -2.23. The van der Waals surface area contributed by atoms with E-state index in [2.05, 4.69) is 27.8 Å². The van der Waals surface area contributed by atoms with Gasteiger partial charge in [0.25, 0.3) is 0 Å². The SMILES string of the molecule is COC(=O)Cc1csc(N(C)C(C)CSC)n1. The molecule has 4 nitrogen and oxygen atoms in total. The van der Waals surface area contributed by atoms with Gasteiger partial charge in [-0.05, 0) is 13.2 Å². The monoisotopic (exact) mass is 274 g/mol. The molecular weight excluding hydrogens is 256 g/mol. The third-order valence-electron chi connectivity index (χ3n) is 2.46. The van der Waals surface area contributed by atoms with Crippen molar-refractivity contribution in [2.24, 2.45) is 0 Å². The van der Waals surface area contributed by atoms with Crippen molar-refractivity contribution in [1.82, 2.24) is 4.98 Å². The summed E-state index contributed by atoms with van der Waals surface area (Å²) in [4.78, 5) is 17.7. The van der Waals surface area contributed by atoms with Gasteiger partial charge in [-0.3, -0.25) is 4.79 Å². The van der Waals surface area contributed by atoms with Crippen LogP contribution in [-0.4, -0.2) is 43.2 Å². The molecule has 0 saturated heterocycles. The summed E-state index contributed by atoms with van der Waals surface area (Å²) in [5.41, 5.74) is 0.778. The Bertz CT molecular complexity index is 368. The molecule has 1 rings (SSSR count). The van der Waals surface area contributed by atoms with Gasteiger partial charge in [0.2, 0.25) is 0 Å². The van der Waals surface area contributed by atoms with Gasteiger partial charge < -0.3 is 9.64 Å². The van der Waals surface area contributed by atoms with Crippen LogP contribution in [0.1, 0.15) is 12.6 Å². The highest BCUT2D eigenvalue weighted by Gasteiger charge is 2.14. The molecule has 1 aromatic heterocycles. The second-order valence-electron chi connectivity index (χ2n) is 3.79. The van der Waals surface area contributed by atoms with Crippen molar-refractivity contribution in [3.05, 3.63) is 11.1 Å². The molecule has 1 unspecified atom stereocenters. The first kappa shape index (κ1) is 14.3. The number of rotatable bonds is 6. The number of hydrogen-bond acceptors (Lipinski definition) is 6. The molecule has 0 spiro atoms. The fraction of sp³-hybridized carbons (Fsp3) is 0.636. The molecule has 1 aromatic rings. The number of carbonyl (C=O) groups excluding carboxylic acids is 1. The van der Waals surface area contributed by atoms with Crippen LogP contribution in [-0.2, 0) is 16.0 Å². The van der Waals surface area contributed by atoms with Gasteiger partial charge >= 0.3 is 5.97 Å². The summed E-state index contributed by atoms with van der Waals surface area (Å²) < 4.78 is 4.62. The fourth-order valence-corrected chi connectivity index (χ4v) is 2.90. The Morgan fingerprint density at radius 2 is 2.41 bits per heavy atom. The lowest BCUT2D eigenvalue weighted by atomic mass is 10.3. The van der Waals surface area contributed by atoms with E-state index in [-0.39, 0.29) is 12.4 Å². The lowest BCUT2D eigenvalue weighted by molar-refractivity contribution is -0.139. The van der Waals surface area contributed by atoms with Gasteiger partial charge in [0.05, 0.1) is 19.2 Å². The van der Waals surface area contributed by atoms with E-state index in [9.17, 15) is 4.79 Å². The van der Waals surface area contributed by atoms with Crippen molar-refractivity contribution < 1.29 is 9.53 Å². The second-order valence-corrected chi connectivity index (χ2v) is 5.54. The normalized spacial score (nSPS) is 12.2. The van der Waals surface area contributed by atoms with E-state index >= 15 is 0 Å². The zero-order valence-corrected chi connectivity index (χ0v) is 12.2. The molecule has 0 amide bonds. The topological polar surface area (TPSA) is 42.4 Å². The molecule has 0 aliphatic rings. The van der Waals surface area contributed by atoms with E-state index in [1.54, 1.807) is 11.3 Å². The van der Waals surface area contributed by atoms with E-state index in [0.29, 0.717) is 6.04 Å². The molecule has 17 heavy (non-hydrogen) atoms. The van der Waals surface area contributed by atoms with Gasteiger partial charge in [0.1, 0.15) is 0 Å². The van der Waals surface area contributed by atoms with Gasteiger partial charge in [-0.1, -0.05) is 0 Å². The number of aromatic nitrogens is 1. The van der Waals surface area contributed by atoms with Gasteiger partial charge in [-0.25, -0.2) is 4.98 Å². The Morgan fingerprint density at radius 1 is 1.71 bits per heavy atom. The van der Waals surface area contributed by atoms with Crippen LogP contribution in [0.2, 0.25) is 0 Å². The van der Waals surface area contributed by atoms with Gasteiger partial charge in [-0.2, -0.15) is 11.8 Å². The second kappa shape index (κ2) is 6.86. The number of ether oxygens (including phenoxy) is 1. The predicted molar refractivity (Wildman–Crippen MR) is 74.1 cm³/mol. The van der Waals surface area contributed by atoms with Crippen LogP contribution in [0.3, 0.4) is 0 Å². The summed E-state index contributed by atoms with van der Waals surface area (Å²) in [7, 11) is 3.42. The first-order valence-electron chi connectivity index (χ1n) is 5.31. The smallest absolute Gasteiger partial charge is 0.311 e. The molecule has 96 valence electrons. The van der Waals surface area contributed by atoms with E-state index in [0.717, 1.165) is 16.6 Å². The van der Waals surface area contributed by atoms with Crippen molar-refractivity contribution in [1.29, 1.82) is 0 Å². The molecule has 0 aromatic carbocycles. The summed E-state index contributed by atoms with van der Waals surface area (Å²) in [6, 6.07) is 0.433. The molecule has 0 saturated carbocycles. The summed E-state index contributed by atoms with van der Waals surface area (Å²) in [5, 5.41) is 2.86. The predicted octanol–water partition coefficient (Wildman–Crippen LogP) is 2.05. The zero-order valence-electron chi connectivity index (χ0n) is 10.6. The Balaban J connectivity index is 2.63. The van der Waals surface area contributed by atoms with Crippen molar-refractivity contribution in [2.75, 3.05) is 31.1 Å². The maximum absolute atomic E-state index is 11.1. The molecule has 0 N–H and O–H groups in total. The summed E-state index contributed by atoms with van der Waals surface area (Å²) in [6.07, 6.45) is 2.34. The summed E-state index contributed by atoms with van der Waals surface area (Å²) in [6.45, 7) is 2.16. The van der Waals surface area contributed by atoms with E-state index in [4.69, 9.17) is 0 Å². The van der Waals surface area contributed by atoms with Gasteiger partial charge in [0, 0.05) is 24.2 Å². The molecule has 1 atom stereocenters. The van der Waals surface area contributed by atoms with E-state index < -0.39 is 0 Å². The quantitative estimate of drug-likeness (QED) is 0.743. The molecule has 6 heteroatoms. The largest absolute Gasteiger partial charge is 0.469 e. The molecule has 0 aliphatic carbocycles. The van der Waals surface area contributed by atoms with Crippen LogP contribution in [0.25, 0.3) is 0 Å². The van der Waals surface area contributed by atoms with Gasteiger partial charge in [-0.15, -0.1) is 11.3 Å². The van der Waals surface area contributed by atoms with Crippen molar-refractivity contribution in [2.45, 2.75) is 19.4 Å². The summed E-state index contributed by atoms with van der Waals surface area (Å²) in [5.74, 6) is 0.809. The Morgan fingerprint density at radius 3 is 3.00 bits per heavy atom. The van der Waals surface area contributed by atoms with Crippen molar-refractivity contribution in [3.63, 3.8) is 0 Å². The number of nitrogens with zero attached hydrogens (tertiary/aromatic N) is 2. The minimum Gasteiger partial charge on any atom is -0.469 e. The number of hydrogen-bond donors (Lipinski definition) is 0. The Kier molecular flexibility index (Phi) is 5.77. The van der Waals surface area contributed by atoms with Crippen LogP contribution in [0.15, 0.2) is 5.38 Å².